The molecule has 0 aromatic heterocycles. The van der Waals surface area contributed by atoms with E-state index >= 15 is 0 Å². The van der Waals surface area contributed by atoms with Gasteiger partial charge in [-0.3, -0.25) is 0 Å². The summed E-state index contributed by atoms with van der Waals surface area (Å²) in [6.07, 6.45) is 4.14. The Morgan fingerprint density at radius 3 is 1.36 bits per heavy atom. The van der Waals surface area contributed by atoms with Crippen LogP contribution in [0.5, 0.6) is 11.5 Å². The Morgan fingerprint density at radius 2 is 1.03 bits per heavy atom. The van der Waals surface area contributed by atoms with Crippen LogP contribution < -0.4 is 9.47 Å². The van der Waals surface area contributed by atoms with Crippen LogP contribution in [0.4, 0.5) is 0 Å². The number of ether oxygens (including phenoxy) is 4. The Hall–Kier alpha value is -3.54. The van der Waals surface area contributed by atoms with Crippen LogP contribution in [0.1, 0.15) is 79.4 Å². The van der Waals surface area contributed by atoms with Crippen molar-refractivity contribution in [2.45, 2.75) is 97.1 Å². The standard InChI is InChI=1S/C33H42O6/c1-11-28(34)38-32(7,8)20-30(3,4)36-24-13-15-26-22(18-24)17-23-19-25(14-16-27(23)26)37-31(5,6)21-33(9,10)39-29(35)12-2/h11-16,18-19H,1-2,17,20-21H2,3-10H3. The van der Waals surface area contributed by atoms with E-state index in [1.54, 1.807) is 0 Å². The van der Waals surface area contributed by atoms with Gasteiger partial charge in [-0.25, -0.2) is 9.59 Å². The summed E-state index contributed by atoms with van der Waals surface area (Å²) in [4.78, 5) is 23.4. The second-order valence-corrected chi connectivity index (χ2v) is 12.7. The second-order valence-electron chi connectivity index (χ2n) is 12.7. The first kappa shape index (κ1) is 30.0. The van der Waals surface area contributed by atoms with Crippen molar-refractivity contribution in [1.29, 1.82) is 0 Å². The van der Waals surface area contributed by atoms with Gasteiger partial charge in [0.25, 0.3) is 0 Å². The van der Waals surface area contributed by atoms with Crippen LogP contribution in [0.2, 0.25) is 0 Å². The van der Waals surface area contributed by atoms with Crippen molar-refractivity contribution < 1.29 is 28.5 Å². The summed E-state index contributed by atoms with van der Waals surface area (Å²) in [5.41, 5.74) is 2.20. The number of benzene rings is 2. The van der Waals surface area contributed by atoms with Gasteiger partial charge in [-0.15, -0.1) is 0 Å². The maximum Gasteiger partial charge on any atom is 0.330 e. The molecule has 0 bridgehead atoms. The Bertz CT molecular complexity index is 1170. The van der Waals surface area contributed by atoms with E-state index in [0.717, 1.165) is 17.9 Å². The van der Waals surface area contributed by atoms with Crippen LogP contribution in [0.3, 0.4) is 0 Å². The lowest BCUT2D eigenvalue weighted by Gasteiger charge is -2.35. The van der Waals surface area contributed by atoms with E-state index in [-0.39, 0.29) is 0 Å². The molecule has 0 aliphatic heterocycles. The molecule has 1 aliphatic rings. The van der Waals surface area contributed by atoms with E-state index in [2.05, 4.69) is 37.4 Å². The van der Waals surface area contributed by atoms with E-state index < -0.39 is 34.3 Å². The van der Waals surface area contributed by atoms with Gasteiger partial charge in [0, 0.05) is 25.0 Å². The molecule has 0 unspecified atom stereocenters. The fourth-order valence-corrected chi connectivity index (χ4v) is 5.75. The number of hydrogen-bond donors (Lipinski definition) is 0. The first-order valence-electron chi connectivity index (χ1n) is 13.3. The molecule has 0 saturated carbocycles. The highest BCUT2D eigenvalue weighted by Gasteiger charge is 2.35. The van der Waals surface area contributed by atoms with Gasteiger partial charge in [0.05, 0.1) is 0 Å². The van der Waals surface area contributed by atoms with E-state index in [0.29, 0.717) is 12.8 Å². The van der Waals surface area contributed by atoms with E-state index in [1.807, 2.05) is 67.5 Å². The average Bonchev–Trinajstić information content (AvgIpc) is 3.12. The molecule has 0 amide bonds. The predicted octanol–water partition coefficient (Wildman–Crippen LogP) is 7.37. The van der Waals surface area contributed by atoms with Crippen LogP contribution in [0.25, 0.3) is 11.1 Å². The molecule has 210 valence electrons. The maximum atomic E-state index is 11.7. The minimum absolute atomic E-state index is 0.447. The quantitative estimate of drug-likeness (QED) is 0.178. The van der Waals surface area contributed by atoms with Crippen molar-refractivity contribution in [3.8, 4) is 22.6 Å². The Kier molecular flexibility index (Phi) is 8.40. The maximum absolute atomic E-state index is 11.7. The highest BCUT2D eigenvalue weighted by atomic mass is 16.6. The third kappa shape index (κ3) is 8.22. The molecule has 0 saturated heterocycles. The first-order chi connectivity index (χ1) is 17.9. The summed E-state index contributed by atoms with van der Waals surface area (Å²) < 4.78 is 23.7. The summed E-state index contributed by atoms with van der Waals surface area (Å²) in [7, 11) is 0. The van der Waals surface area contributed by atoms with Crippen LogP contribution in [0.15, 0.2) is 61.7 Å². The highest BCUT2D eigenvalue weighted by Crippen LogP contribution is 2.41. The van der Waals surface area contributed by atoms with Gasteiger partial charge in [0.2, 0.25) is 0 Å². The number of hydrogen-bond acceptors (Lipinski definition) is 6. The summed E-state index contributed by atoms with van der Waals surface area (Å²) >= 11 is 0. The number of carbonyl (C=O) groups excluding carboxylic acids is 2. The van der Waals surface area contributed by atoms with Crippen molar-refractivity contribution >= 4 is 11.9 Å². The van der Waals surface area contributed by atoms with Crippen molar-refractivity contribution in [1.82, 2.24) is 0 Å². The molecule has 1 aliphatic carbocycles. The molecule has 2 aromatic carbocycles. The number of fused-ring (bicyclic) bond motifs is 3. The average molecular weight is 535 g/mol. The number of esters is 2. The van der Waals surface area contributed by atoms with Gasteiger partial charge in [-0.05, 0) is 108 Å². The van der Waals surface area contributed by atoms with Gasteiger partial charge in [0.1, 0.15) is 33.9 Å². The highest BCUT2D eigenvalue weighted by molar-refractivity contribution is 5.82. The van der Waals surface area contributed by atoms with E-state index in [1.165, 1.54) is 34.4 Å². The summed E-state index contributed by atoms with van der Waals surface area (Å²) in [5.74, 6) is 0.646. The molecule has 0 fully saturated rings. The number of rotatable bonds is 12. The largest absolute Gasteiger partial charge is 0.488 e. The lowest BCUT2D eigenvalue weighted by atomic mass is 9.92. The SMILES string of the molecule is C=CC(=O)OC(C)(C)CC(C)(C)Oc1ccc2c(c1)Cc1cc(OC(C)(C)CC(C)(C)OC(=O)C=C)ccc1-2. The van der Waals surface area contributed by atoms with Crippen molar-refractivity contribution in [3.63, 3.8) is 0 Å². The van der Waals surface area contributed by atoms with Crippen molar-refractivity contribution in [2.24, 2.45) is 0 Å². The molecule has 0 spiro atoms. The third-order valence-electron chi connectivity index (χ3n) is 6.40. The van der Waals surface area contributed by atoms with Crippen LogP contribution >= 0.6 is 0 Å². The second kappa shape index (κ2) is 10.9. The Balaban J connectivity index is 1.70. The fraction of sp³-hybridized carbons (Fsp3) is 0.455. The minimum atomic E-state index is -0.700. The first-order valence-corrected chi connectivity index (χ1v) is 13.3. The third-order valence-corrected chi connectivity index (χ3v) is 6.40. The summed E-state index contributed by atoms with van der Waals surface area (Å²) in [6, 6.07) is 12.3. The molecule has 6 heteroatoms. The molecule has 0 radical (unpaired) electrons. The van der Waals surface area contributed by atoms with Crippen LogP contribution in [0, 0.1) is 0 Å². The van der Waals surface area contributed by atoms with Crippen molar-refractivity contribution in [2.75, 3.05) is 0 Å². The zero-order valence-electron chi connectivity index (χ0n) is 24.6. The van der Waals surface area contributed by atoms with E-state index in [4.69, 9.17) is 18.9 Å². The topological polar surface area (TPSA) is 71.1 Å². The molecule has 0 atom stereocenters. The molecule has 6 nitrogen and oxygen atoms in total. The zero-order chi connectivity index (χ0) is 29.2. The molecule has 39 heavy (non-hydrogen) atoms. The molecule has 2 aromatic rings. The molecular formula is C33H42O6. The lowest BCUT2D eigenvalue weighted by Crippen LogP contribution is -2.40. The van der Waals surface area contributed by atoms with Crippen LogP contribution in [-0.4, -0.2) is 34.3 Å². The smallest absolute Gasteiger partial charge is 0.330 e. The zero-order valence-corrected chi connectivity index (χ0v) is 24.6. The lowest BCUT2D eigenvalue weighted by molar-refractivity contribution is -0.155. The van der Waals surface area contributed by atoms with E-state index in [9.17, 15) is 9.59 Å². The fourth-order valence-electron chi connectivity index (χ4n) is 5.75. The normalized spacial score (nSPS) is 13.1. The van der Waals surface area contributed by atoms with Gasteiger partial charge < -0.3 is 18.9 Å². The van der Waals surface area contributed by atoms with Crippen molar-refractivity contribution in [3.05, 3.63) is 72.8 Å². The Labute approximate surface area is 233 Å². The molecule has 0 N–H and O–H groups in total. The van der Waals surface area contributed by atoms with Gasteiger partial charge in [-0.2, -0.15) is 0 Å². The minimum Gasteiger partial charge on any atom is -0.488 e. The molecule has 0 heterocycles. The number of carbonyl (C=O) groups is 2. The Morgan fingerprint density at radius 1 is 0.667 bits per heavy atom. The monoisotopic (exact) mass is 534 g/mol. The van der Waals surface area contributed by atoms with Gasteiger partial charge in [0.15, 0.2) is 0 Å². The molecular weight excluding hydrogens is 492 g/mol. The van der Waals surface area contributed by atoms with Gasteiger partial charge in [-0.1, -0.05) is 25.3 Å². The predicted molar refractivity (Wildman–Crippen MR) is 154 cm³/mol. The van der Waals surface area contributed by atoms with Gasteiger partial charge >= 0.3 is 11.9 Å². The molecule has 3 rings (SSSR count). The van der Waals surface area contributed by atoms with Crippen LogP contribution in [-0.2, 0) is 25.5 Å². The summed E-state index contributed by atoms with van der Waals surface area (Å²) in [6.45, 7) is 22.4. The summed E-state index contributed by atoms with van der Waals surface area (Å²) in [5, 5.41) is 0.